The van der Waals surface area contributed by atoms with Gasteiger partial charge in [0.2, 0.25) is 5.91 Å². The van der Waals surface area contributed by atoms with E-state index in [-0.39, 0.29) is 11.8 Å². The third-order valence-electron chi connectivity index (χ3n) is 5.10. The van der Waals surface area contributed by atoms with Crippen LogP contribution in [0.25, 0.3) is 0 Å². The van der Waals surface area contributed by atoms with Crippen molar-refractivity contribution in [3.05, 3.63) is 59.9 Å². The predicted molar refractivity (Wildman–Crippen MR) is 111 cm³/mol. The summed E-state index contributed by atoms with van der Waals surface area (Å²) in [5, 5.41) is 0. The van der Waals surface area contributed by atoms with Gasteiger partial charge in [-0.3, -0.25) is 4.79 Å². The summed E-state index contributed by atoms with van der Waals surface area (Å²) in [6.45, 7) is 6.94. The van der Waals surface area contributed by atoms with Crippen LogP contribution in [0.3, 0.4) is 0 Å². The molecular formula is C23H34N2O2. The summed E-state index contributed by atoms with van der Waals surface area (Å²) >= 11 is 0. The van der Waals surface area contributed by atoms with Crippen molar-refractivity contribution in [3.63, 3.8) is 0 Å². The van der Waals surface area contributed by atoms with E-state index in [0.717, 1.165) is 37.9 Å². The van der Waals surface area contributed by atoms with Crippen LogP contribution < -0.4 is 0 Å². The zero-order valence-corrected chi connectivity index (χ0v) is 17.1. The maximum atomic E-state index is 13.1. The maximum Gasteiger partial charge on any atom is 0.226 e. The number of carbonyl (C=O) groups excluding carboxylic acids is 1. The van der Waals surface area contributed by atoms with Crippen LogP contribution in [0.15, 0.2) is 48.7 Å². The molecule has 27 heavy (non-hydrogen) atoms. The molecule has 0 radical (unpaired) electrons. The number of unbranched alkanes of at least 4 members (excludes halogenated alkanes) is 1. The van der Waals surface area contributed by atoms with Gasteiger partial charge in [-0.15, -0.1) is 0 Å². The number of aromatic nitrogens is 1. The van der Waals surface area contributed by atoms with Crippen LogP contribution >= 0.6 is 0 Å². The quantitative estimate of drug-likeness (QED) is 0.541. The highest BCUT2D eigenvalue weighted by atomic mass is 16.5. The smallest absolute Gasteiger partial charge is 0.226 e. The summed E-state index contributed by atoms with van der Waals surface area (Å²) in [5.41, 5.74) is 2.42. The number of hydrogen-bond acceptors (Lipinski definition) is 2. The molecule has 0 fully saturated rings. The number of methoxy groups -OCH3 is 1. The largest absolute Gasteiger partial charge is 0.383 e. The normalized spacial score (nSPS) is 12.1. The van der Waals surface area contributed by atoms with Gasteiger partial charge in [0.15, 0.2) is 0 Å². The second-order valence-electron chi connectivity index (χ2n) is 7.11. The molecule has 4 nitrogen and oxygen atoms in total. The second-order valence-corrected chi connectivity index (χ2v) is 7.11. The molecule has 0 aliphatic rings. The lowest BCUT2D eigenvalue weighted by molar-refractivity contribution is -0.137. The molecule has 0 spiro atoms. The van der Waals surface area contributed by atoms with Crippen LogP contribution in [0.5, 0.6) is 0 Å². The van der Waals surface area contributed by atoms with Gasteiger partial charge in [0.1, 0.15) is 0 Å². The average molecular weight is 371 g/mol. The Bertz CT molecular complexity index is 666. The first-order valence-corrected chi connectivity index (χ1v) is 10.1. The lowest BCUT2D eigenvalue weighted by Gasteiger charge is -2.27. The van der Waals surface area contributed by atoms with E-state index in [1.165, 1.54) is 5.56 Å². The summed E-state index contributed by atoms with van der Waals surface area (Å²) in [6.07, 6.45) is 6.19. The summed E-state index contributed by atoms with van der Waals surface area (Å²) in [4.78, 5) is 15.1. The van der Waals surface area contributed by atoms with Crippen molar-refractivity contribution >= 4 is 5.91 Å². The SMILES string of the molecule is CCCC[C@H](CC)C(=O)N(CCOC)Cc1cccn1Cc1ccccc1. The zero-order valence-electron chi connectivity index (χ0n) is 17.1. The molecule has 0 saturated carbocycles. The van der Waals surface area contributed by atoms with Crippen LogP contribution in [0.4, 0.5) is 0 Å². The number of amides is 1. The van der Waals surface area contributed by atoms with Crippen molar-refractivity contribution in [1.82, 2.24) is 9.47 Å². The van der Waals surface area contributed by atoms with E-state index in [4.69, 9.17) is 4.74 Å². The van der Waals surface area contributed by atoms with Gasteiger partial charge in [-0.2, -0.15) is 0 Å². The van der Waals surface area contributed by atoms with Crippen molar-refractivity contribution in [2.45, 2.75) is 52.6 Å². The van der Waals surface area contributed by atoms with Gasteiger partial charge >= 0.3 is 0 Å². The highest BCUT2D eigenvalue weighted by molar-refractivity contribution is 5.78. The molecule has 0 bridgehead atoms. The van der Waals surface area contributed by atoms with Crippen molar-refractivity contribution < 1.29 is 9.53 Å². The zero-order chi connectivity index (χ0) is 19.5. The molecule has 4 heteroatoms. The molecule has 1 aromatic heterocycles. The lowest BCUT2D eigenvalue weighted by Crippen LogP contribution is -2.38. The van der Waals surface area contributed by atoms with E-state index in [9.17, 15) is 4.79 Å². The van der Waals surface area contributed by atoms with Gasteiger partial charge in [0.05, 0.1) is 13.2 Å². The first-order valence-electron chi connectivity index (χ1n) is 10.1. The summed E-state index contributed by atoms with van der Waals surface area (Å²) in [7, 11) is 1.69. The average Bonchev–Trinajstić information content (AvgIpc) is 3.13. The Labute approximate surface area is 164 Å². The van der Waals surface area contributed by atoms with Gasteiger partial charge in [0, 0.05) is 38.0 Å². The van der Waals surface area contributed by atoms with Crippen LogP contribution in [-0.2, 0) is 22.6 Å². The van der Waals surface area contributed by atoms with E-state index in [1.54, 1.807) is 7.11 Å². The van der Waals surface area contributed by atoms with E-state index in [2.05, 4.69) is 61.0 Å². The molecule has 1 aromatic carbocycles. The standard InChI is InChI=1S/C23H34N2O2/c1-4-6-13-21(5-2)23(26)25(16-17-27-3)19-22-14-10-15-24(22)18-20-11-8-7-9-12-20/h7-12,14-15,21H,4-6,13,16-19H2,1-3H3/t21-/m0/s1. The third-order valence-corrected chi connectivity index (χ3v) is 5.10. The van der Waals surface area contributed by atoms with Crippen molar-refractivity contribution in [2.75, 3.05) is 20.3 Å². The summed E-state index contributed by atoms with van der Waals surface area (Å²) in [5.74, 6) is 0.370. The van der Waals surface area contributed by atoms with E-state index in [1.807, 2.05) is 11.0 Å². The first-order chi connectivity index (χ1) is 13.2. The highest BCUT2D eigenvalue weighted by Gasteiger charge is 2.23. The number of rotatable bonds is 12. The molecule has 0 N–H and O–H groups in total. The molecule has 1 atom stereocenters. The predicted octanol–water partition coefficient (Wildman–Crippen LogP) is 4.73. The number of hydrogen-bond donors (Lipinski definition) is 0. The Morgan fingerprint density at radius 3 is 2.59 bits per heavy atom. The minimum absolute atomic E-state index is 0.111. The van der Waals surface area contributed by atoms with Crippen molar-refractivity contribution in [3.8, 4) is 0 Å². The van der Waals surface area contributed by atoms with Gasteiger partial charge in [0.25, 0.3) is 0 Å². The molecule has 2 rings (SSSR count). The summed E-state index contributed by atoms with van der Waals surface area (Å²) in [6, 6.07) is 14.6. The number of ether oxygens (including phenoxy) is 1. The number of carbonyl (C=O) groups is 1. The number of nitrogens with zero attached hydrogens (tertiary/aromatic N) is 2. The topological polar surface area (TPSA) is 34.5 Å². The van der Waals surface area contributed by atoms with Crippen LogP contribution in [0.1, 0.15) is 50.8 Å². The van der Waals surface area contributed by atoms with Gasteiger partial charge in [-0.25, -0.2) is 0 Å². The van der Waals surface area contributed by atoms with Crippen LogP contribution in [0, 0.1) is 5.92 Å². The Morgan fingerprint density at radius 1 is 1.15 bits per heavy atom. The Hall–Kier alpha value is -2.07. The van der Waals surface area contributed by atoms with Crippen molar-refractivity contribution in [1.29, 1.82) is 0 Å². The molecule has 0 unspecified atom stereocenters. The fraction of sp³-hybridized carbons (Fsp3) is 0.522. The number of benzene rings is 1. The fourth-order valence-electron chi connectivity index (χ4n) is 3.40. The monoisotopic (exact) mass is 370 g/mol. The molecule has 0 aliphatic heterocycles. The second kappa shape index (κ2) is 11.6. The maximum absolute atomic E-state index is 13.1. The van der Waals surface area contributed by atoms with E-state index in [0.29, 0.717) is 19.7 Å². The van der Waals surface area contributed by atoms with E-state index < -0.39 is 0 Å². The Kier molecular flexibility index (Phi) is 9.12. The molecule has 0 aliphatic carbocycles. The first kappa shape index (κ1) is 21.2. The Balaban J connectivity index is 2.11. The molecule has 1 heterocycles. The van der Waals surface area contributed by atoms with E-state index >= 15 is 0 Å². The third kappa shape index (κ3) is 6.55. The molecule has 2 aromatic rings. The molecule has 1 amide bonds. The minimum Gasteiger partial charge on any atom is -0.383 e. The van der Waals surface area contributed by atoms with Crippen LogP contribution in [-0.4, -0.2) is 35.6 Å². The van der Waals surface area contributed by atoms with Crippen LogP contribution in [0.2, 0.25) is 0 Å². The lowest BCUT2D eigenvalue weighted by atomic mass is 9.97. The molecule has 0 saturated heterocycles. The fourth-order valence-corrected chi connectivity index (χ4v) is 3.40. The highest BCUT2D eigenvalue weighted by Crippen LogP contribution is 2.18. The van der Waals surface area contributed by atoms with Crippen molar-refractivity contribution in [2.24, 2.45) is 5.92 Å². The molecular weight excluding hydrogens is 336 g/mol. The van der Waals surface area contributed by atoms with Gasteiger partial charge in [-0.05, 0) is 30.5 Å². The van der Waals surface area contributed by atoms with Gasteiger partial charge in [-0.1, -0.05) is 57.0 Å². The molecule has 148 valence electrons. The minimum atomic E-state index is 0.111. The Morgan fingerprint density at radius 2 is 1.93 bits per heavy atom. The summed E-state index contributed by atoms with van der Waals surface area (Å²) < 4.78 is 7.49. The van der Waals surface area contributed by atoms with Gasteiger partial charge < -0.3 is 14.2 Å².